The highest BCUT2D eigenvalue weighted by Crippen LogP contribution is 2.29. The Labute approximate surface area is 98.3 Å². The molecule has 0 N–H and O–H groups in total. The Kier molecular flexibility index (Phi) is 3.47. The number of hydrogen-bond acceptors (Lipinski definition) is 2. The second-order valence-electron chi connectivity index (χ2n) is 3.23. The molecule has 0 aliphatic rings. The Bertz CT molecular complexity index is 468. The van der Waals surface area contributed by atoms with E-state index in [1.807, 2.05) is 24.3 Å². The summed E-state index contributed by atoms with van der Waals surface area (Å²) in [5, 5.41) is 0. The highest BCUT2D eigenvalue weighted by atomic mass is 32.2. The SMILES string of the molecule is COc1cccc(Sc2ccc(F)cc2)c1. The first-order chi connectivity index (χ1) is 7.78. The van der Waals surface area contributed by atoms with Crippen LogP contribution in [0.2, 0.25) is 0 Å². The molecular formula is C13H11FOS. The molecule has 16 heavy (non-hydrogen) atoms. The van der Waals surface area contributed by atoms with Gasteiger partial charge in [0.15, 0.2) is 0 Å². The highest BCUT2D eigenvalue weighted by molar-refractivity contribution is 7.99. The van der Waals surface area contributed by atoms with Gasteiger partial charge in [-0.05, 0) is 42.5 Å². The summed E-state index contributed by atoms with van der Waals surface area (Å²) in [5.74, 6) is 0.613. The van der Waals surface area contributed by atoms with Crippen molar-refractivity contribution in [3.63, 3.8) is 0 Å². The van der Waals surface area contributed by atoms with Gasteiger partial charge < -0.3 is 4.74 Å². The fourth-order valence-electron chi connectivity index (χ4n) is 1.30. The quantitative estimate of drug-likeness (QED) is 0.794. The van der Waals surface area contributed by atoms with E-state index in [0.29, 0.717) is 0 Å². The molecule has 3 heteroatoms. The number of hydrogen-bond donors (Lipinski definition) is 0. The Hall–Kier alpha value is -1.48. The van der Waals surface area contributed by atoms with Crippen molar-refractivity contribution in [3.8, 4) is 5.75 Å². The van der Waals surface area contributed by atoms with Crippen molar-refractivity contribution < 1.29 is 9.13 Å². The first kappa shape index (κ1) is 11.0. The molecule has 0 saturated heterocycles. The molecule has 2 aromatic carbocycles. The molecule has 0 unspecified atom stereocenters. The molecule has 0 saturated carbocycles. The zero-order valence-electron chi connectivity index (χ0n) is 8.81. The van der Waals surface area contributed by atoms with Gasteiger partial charge >= 0.3 is 0 Å². The zero-order valence-corrected chi connectivity index (χ0v) is 9.63. The molecule has 0 spiro atoms. The minimum Gasteiger partial charge on any atom is -0.497 e. The molecule has 0 aliphatic heterocycles. The summed E-state index contributed by atoms with van der Waals surface area (Å²) in [4.78, 5) is 2.08. The van der Waals surface area contributed by atoms with Gasteiger partial charge in [-0.1, -0.05) is 17.8 Å². The minimum atomic E-state index is -0.213. The predicted molar refractivity (Wildman–Crippen MR) is 63.5 cm³/mol. The first-order valence-corrected chi connectivity index (χ1v) is 5.67. The van der Waals surface area contributed by atoms with Gasteiger partial charge in [-0.3, -0.25) is 0 Å². The molecule has 2 rings (SSSR count). The lowest BCUT2D eigenvalue weighted by Crippen LogP contribution is -1.82. The summed E-state index contributed by atoms with van der Waals surface area (Å²) >= 11 is 1.58. The van der Waals surface area contributed by atoms with Gasteiger partial charge in [-0.25, -0.2) is 4.39 Å². The van der Waals surface area contributed by atoms with E-state index in [1.165, 1.54) is 12.1 Å². The van der Waals surface area contributed by atoms with Gasteiger partial charge in [0.2, 0.25) is 0 Å². The van der Waals surface area contributed by atoms with Crippen LogP contribution in [-0.2, 0) is 0 Å². The Morgan fingerprint density at radius 2 is 1.75 bits per heavy atom. The van der Waals surface area contributed by atoms with Gasteiger partial charge in [-0.2, -0.15) is 0 Å². The van der Waals surface area contributed by atoms with E-state index in [1.54, 1.807) is 31.0 Å². The summed E-state index contributed by atoms with van der Waals surface area (Å²) in [6.07, 6.45) is 0. The van der Waals surface area contributed by atoms with Crippen LogP contribution in [0.15, 0.2) is 58.3 Å². The average Bonchev–Trinajstić information content (AvgIpc) is 2.32. The molecule has 0 atom stereocenters. The smallest absolute Gasteiger partial charge is 0.123 e. The van der Waals surface area contributed by atoms with Crippen LogP contribution in [0.5, 0.6) is 5.75 Å². The normalized spacial score (nSPS) is 10.1. The van der Waals surface area contributed by atoms with E-state index >= 15 is 0 Å². The maximum absolute atomic E-state index is 12.7. The van der Waals surface area contributed by atoms with Gasteiger partial charge in [0.25, 0.3) is 0 Å². The first-order valence-electron chi connectivity index (χ1n) is 4.85. The zero-order chi connectivity index (χ0) is 11.4. The molecule has 2 aromatic rings. The highest BCUT2D eigenvalue weighted by Gasteiger charge is 1.99. The second kappa shape index (κ2) is 5.03. The number of ether oxygens (including phenoxy) is 1. The molecule has 0 heterocycles. The van der Waals surface area contributed by atoms with Crippen LogP contribution in [0.4, 0.5) is 4.39 Å². The summed E-state index contributed by atoms with van der Waals surface area (Å²) in [5.41, 5.74) is 0. The summed E-state index contributed by atoms with van der Waals surface area (Å²) in [6.45, 7) is 0. The van der Waals surface area contributed by atoms with E-state index in [-0.39, 0.29) is 5.82 Å². The molecule has 82 valence electrons. The lowest BCUT2D eigenvalue weighted by atomic mass is 10.3. The van der Waals surface area contributed by atoms with Crippen molar-refractivity contribution in [3.05, 3.63) is 54.3 Å². The van der Waals surface area contributed by atoms with Crippen LogP contribution < -0.4 is 4.74 Å². The largest absolute Gasteiger partial charge is 0.497 e. The van der Waals surface area contributed by atoms with Gasteiger partial charge in [0.05, 0.1) is 7.11 Å². The summed E-state index contributed by atoms with van der Waals surface area (Å²) in [6, 6.07) is 14.2. The van der Waals surface area contributed by atoms with E-state index in [9.17, 15) is 4.39 Å². The van der Waals surface area contributed by atoms with Gasteiger partial charge in [-0.15, -0.1) is 0 Å². The lowest BCUT2D eigenvalue weighted by Gasteiger charge is -2.04. The lowest BCUT2D eigenvalue weighted by molar-refractivity contribution is 0.413. The maximum atomic E-state index is 12.7. The third-order valence-corrected chi connectivity index (χ3v) is 3.09. The van der Waals surface area contributed by atoms with Gasteiger partial charge in [0.1, 0.15) is 11.6 Å². The molecule has 0 radical (unpaired) electrons. The van der Waals surface area contributed by atoms with E-state index in [0.717, 1.165) is 15.5 Å². The standard InChI is InChI=1S/C13H11FOS/c1-15-11-3-2-4-13(9-11)16-12-7-5-10(14)6-8-12/h2-9H,1H3. The molecule has 1 nitrogen and oxygen atoms in total. The van der Waals surface area contributed by atoms with Gasteiger partial charge in [0, 0.05) is 9.79 Å². The van der Waals surface area contributed by atoms with Crippen LogP contribution in [0, 0.1) is 5.82 Å². The Morgan fingerprint density at radius 1 is 1.00 bits per heavy atom. The van der Waals surface area contributed by atoms with Crippen molar-refractivity contribution >= 4 is 11.8 Å². The summed E-state index contributed by atoms with van der Waals surface area (Å²) in [7, 11) is 1.64. The number of benzene rings is 2. The minimum absolute atomic E-state index is 0.213. The summed E-state index contributed by atoms with van der Waals surface area (Å²) < 4.78 is 17.9. The van der Waals surface area contributed by atoms with Crippen LogP contribution in [0.3, 0.4) is 0 Å². The third-order valence-electron chi connectivity index (χ3n) is 2.09. The number of rotatable bonds is 3. The molecular weight excluding hydrogens is 223 g/mol. The maximum Gasteiger partial charge on any atom is 0.123 e. The third kappa shape index (κ3) is 2.76. The monoisotopic (exact) mass is 234 g/mol. The van der Waals surface area contributed by atoms with Crippen molar-refractivity contribution in [2.24, 2.45) is 0 Å². The van der Waals surface area contributed by atoms with E-state index in [2.05, 4.69) is 0 Å². The Balaban J connectivity index is 2.16. The molecule has 0 fully saturated rings. The topological polar surface area (TPSA) is 9.23 Å². The molecule has 0 aromatic heterocycles. The average molecular weight is 234 g/mol. The van der Waals surface area contributed by atoms with Crippen molar-refractivity contribution in [2.45, 2.75) is 9.79 Å². The fourth-order valence-corrected chi connectivity index (χ4v) is 2.17. The van der Waals surface area contributed by atoms with Crippen molar-refractivity contribution in [2.75, 3.05) is 7.11 Å². The van der Waals surface area contributed by atoms with Crippen LogP contribution in [0.25, 0.3) is 0 Å². The van der Waals surface area contributed by atoms with Crippen LogP contribution in [0.1, 0.15) is 0 Å². The van der Waals surface area contributed by atoms with E-state index < -0.39 is 0 Å². The predicted octanol–water partition coefficient (Wildman–Crippen LogP) is 3.99. The van der Waals surface area contributed by atoms with Crippen molar-refractivity contribution in [1.29, 1.82) is 0 Å². The molecule has 0 aliphatic carbocycles. The van der Waals surface area contributed by atoms with Crippen molar-refractivity contribution in [1.82, 2.24) is 0 Å². The van der Waals surface area contributed by atoms with Crippen LogP contribution >= 0.6 is 11.8 Å². The molecule has 0 amide bonds. The fraction of sp³-hybridized carbons (Fsp3) is 0.0769. The Morgan fingerprint density at radius 3 is 2.44 bits per heavy atom. The number of methoxy groups -OCH3 is 1. The molecule has 0 bridgehead atoms. The number of halogens is 1. The van der Waals surface area contributed by atoms with Crippen LogP contribution in [-0.4, -0.2) is 7.11 Å². The van der Waals surface area contributed by atoms with E-state index in [4.69, 9.17) is 4.74 Å². The second-order valence-corrected chi connectivity index (χ2v) is 4.38.